The van der Waals surface area contributed by atoms with Crippen LogP contribution in [0.4, 0.5) is 5.69 Å². The quantitative estimate of drug-likeness (QED) is 0.769. The number of benzene rings is 2. The van der Waals surface area contributed by atoms with E-state index in [2.05, 4.69) is 5.10 Å². The molecule has 1 aliphatic heterocycles. The first-order valence-corrected chi connectivity index (χ1v) is 8.89. The van der Waals surface area contributed by atoms with E-state index in [0.717, 1.165) is 41.2 Å². The number of rotatable bonds is 4. The average molecular weight is 363 g/mol. The van der Waals surface area contributed by atoms with Gasteiger partial charge in [0.25, 0.3) is 0 Å². The van der Waals surface area contributed by atoms with Gasteiger partial charge in [0.05, 0.1) is 18.5 Å². The van der Waals surface area contributed by atoms with Crippen molar-refractivity contribution in [3.63, 3.8) is 0 Å². The predicted molar refractivity (Wildman–Crippen MR) is 104 cm³/mol. The zero-order valence-electron chi connectivity index (χ0n) is 15.3. The summed E-state index contributed by atoms with van der Waals surface area (Å²) in [5.74, 6) is 0.717. The summed E-state index contributed by atoms with van der Waals surface area (Å²) in [5, 5.41) is 14.4. The van der Waals surface area contributed by atoms with E-state index in [4.69, 9.17) is 4.74 Å². The van der Waals surface area contributed by atoms with Crippen molar-refractivity contribution in [2.45, 2.75) is 12.8 Å². The highest BCUT2D eigenvalue weighted by Gasteiger charge is 2.21. The first kappa shape index (κ1) is 17.1. The molecule has 138 valence electrons. The first-order chi connectivity index (χ1) is 13.1. The summed E-state index contributed by atoms with van der Waals surface area (Å²) in [5.41, 5.74) is 4.59. The van der Waals surface area contributed by atoms with Gasteiger partial charge in [-0.3, -0.25) is 9.48 Å². The van der Waals surface area contributed by atoms with Crippen LogP contribution >= 0.6 is 0 Å². The smallest absolute Gasteiger partial charge is 0.227 e. The zero-order chi connectivity index (χ0) is 19.0. The van der Waals surface area contributed by atoms with Crippen LogP contribution in [0.2, 0.25) is 0 Å². The van der Waals surface area contributed by atoms with Gasteiger partial charge < -0.3 is 14.7 Å². The minimum atomic E-state index is 0.107. The third-order valence-corrected chi connectivity index (χ3v) is 4.90. The summed E-state index contributed by atoms with van der Waals surface area (Å²) in [4.78, 5) is 13.7. The molecular weight excluding hydrogens is 342 g/mol. The molecule has 1 aliphatic rings. The van der Waals surface area contributed by atoms with E-state index in [1.54, 1.807) is 16.8 Å². The summed E-state index contributed by atoms with van der Waals surface area (Å²) in [6.45, 7) is 0.786. The molecule has 2 aromatic carbocycles. The summed E-state index contributed by atoms with van der Waals surface area (Å²) >= 11 is 0. The number of phenols is 1. The van der Waals surface area contributed by atoms with Crippen LogP contribution in [-0.2, 0) is 11.8 Å². The van der Waals surface area contributed by atoms with E-state index < -0.39 is 0 Å². The number of phenolic OH excluding ortho intramolecular Hbond substituents is 1. The number of hydrogen-bond donors (Lipinski definition) is 1. The Kier molecular flexibility index (Phi) is 4.32. The number of ether oxygens (including phenoxy) is 1. The zero-order valence-corrected chi connectivity index (χ0v) is 15.3. The van der Waals surface area contributed by atoms with Crippen LogP contribution in [-0.4, -0.2) is 34.4 Å². The average Bonchev–Trinajstić information content (AvgIpc) is 3.28. The highest BCUT2D eigenvalue weighted by Crippen LogP contribution is 2.33. The van der Waals surface area contributed by atoms with Gasteiger partial charge in [-0.2, -0.15) is 5.10 Å². The number of aromatic nitrogens is 2. The normalized spacial score (nSPS) is 14.0. The fraction of sp³-hybridized carbons (Fsp3) is 0.238. The van der Waals surface area contributed by atoms with Gasteiger partial charge in [-0.25, -0.2) is 0 Å². The molecule has 0 unspecified atom stereocenters. The fourth-order valence-electron chi connectivity index (χ4n) is 3.45. The second kappa shape index (κ2) is 6.79. The lowest BCUT2D eigenvalue weighted by atomic mass is 10.1. The Morgan fingerprint density at radius 3 is 2.48 bits per heavy atom. The van der Waals surface area contributed by atoms with Crippen molar-refractivity contribution in [3.8, 4) is 34.0 Å². The van der Waals surface area contributed by atoms with Crippen molar-refractivity contribution in [2.24, 2.45) is 7.05 Å². The second-order valence-electron chi connectivity index (χ2n) is 6.62. The molecule has 1 saturated heterocycles. The van der Waals surface area contributed by atoms with Gasteiger partial charge >= 0.3 is 0 Å². The molecule has 0 spiro atoms. The maximum atomic E-state index is 11.9. The van der Waals surface area contributed by atoms with E-state index >= 15 is 0 Å². The molecule has 1 fully saturated rings. The number of anilines is 1. The molecule has 6 heteroatoms. The molecule has 0 radical (unpaired) electrons. The lowest BCUT2D eigenvalue weighted by Crippen LogP contribution is -2.23. The van der Waals surface area contributed by atoms with Crippen LogP contribution in [0, 0.1) is 0 Å². The Morgan fingerprint density at radius 2 is 1.81 bits per heavy atom. The Hall–Kier alpha value is -3.28. The topological polar surface area (TPSA) is 67.6 Å². The molecule has 0 saturated carbocycles. The van der Waals surface area contributed by atoms with Crippen LogP contribution in [0.15, 0.2) is 48.5 Å². The second-order valence-corrected chi connectivity index (χ2v) is 6.62. The molecular formula is C21H21N3O3. The van der Waals surface area contributed by atoms with Crippen LogP contribution < -0.4 is 9.64 Å². The SMILES string of the molecule is COc1cc(-c2cc(-c3ccc(N4CCCC4=O)cc3)nn2C)ccc1O. The largest absolute Gasteiger partial charge is 0.504 e. The summed E-state index contributed by atoms with van der Waals surface area (Å²) in [6, 6.07) is 15.2. The predicted octanol–water partition coefficient (Wildman–Crippen LogP) is 3.60. The van der Waals surface area contributed by atoms with Crippen molar-refractivity contribution >= 4 is 11.6 Å². The van der Waals surface area contributed by atoms with Crippen molar-refractivity contribution in [2.75, 3.05) is 18.6 Å². The van der Waals surface area contributed by atoms with Crippen LogP contribution in [0.1, 0.15) is 12.8 Å². The maximum absolute atomic E-state index is 11.9. The molecule has 4 rings (SSSR count). The number of methoxy groups -OCH3 is 1. The number of aryl methyl sites for hydroxylation is 1. The van der Waals surface area contributed by atoms with Crippen LogP contribution in [0.3, 0.4) is 0 Å². The van der Waals surface area contributed by atoms with E-state index in [9.17, 15) is 9.90 Å². The van der Waals surface area contributed by atoms with Gasteiger partial charge in [0.1, 0.15) is 0 Å². The van der Waals surface area contributed by atoms with Gasteiger partial charge in [0.15, 0.2) is 11.5 Å². The molecule has 27 heavy (non-hydrogen) atoms. The van der Waals surface area contributed by atoms with Crippen molar-refractivity contribution < 1.29 is 14.6 Å². The van der Waals surface area contributed by atoms with Gasteiger partial charge in [0.2, 0.25) is 5.91 Å². The Labute approximate surface area is 157 Å². The van der Waals surface area contributed by atoms with Gasteiger partial charge in [-0.1, -0.05) is 12.1 Å². The number of aromatic hydroxyl groups is 1. The van der Waals surface area contributed by atoms with Gasteiger partial charge in [0, 0.05) is 36.8 Å². The molecule has 0 aliphatic carbocycles. The number of hydrogen-bond acceptors (Lipinski definition) is 4. The molecule has 0 bridgehead atoms. The summed E-state index contributed by atoms with van der Waals surface area (Å²) < 4.78 is 7.00. The summed E-state index contributed by atoms with van der Waals surface area (Å²) in [6.07, 6.45) is 1.54. The highest BCUT2D eigenvalue weighted by atomic mass is 16.5. The Balaban J connectivity index is 1.64. The molecule has 6 nitrogen and oxygen atoms in total. The summed E-state index contributed by atoms with van der Waals surface area (Å²) in [7, 11) is 3.41. The molecule has 2 heterocycles. The number of carbonyl (C=O) groups excluding carboxylic acids is 1. The number of carbonyl (C=O) groups is 1. The molecule has 1 N–H and O–H groups in total. The van der Waals surface area contributed by atoms with Crippen molar-refractivity contribution in [1.82, 2.24) is 9.78 Å². The van der Waals surface area contributed by atoms with Crippen molar-refractivity contribution in [3.05, 3.63) is 48.5 Å². The van der Waals surface area contributed by atoms with Crippen LogP contribution in [0.5, 0.6) is 11.5 Å². The van der Waals surface area contributed by atoms with E-state index in [1.165, 1.54) is 7.11 Å². The van der Waals surface area contributed by atoms with E-state index in [0.29, 0.717) is 12.2 Å². The highest BCUT2D eigenvalue weighted by molar-refractivity contribution is 5.95. The monoisotopic (exact) mass is 363 g/mol. The van der Waals surface area contributed by atoms with Gasteiger partial charge in [-0.05, 0) is 42.8 Å². The molecule has 0 atom stereocenters. The van der Waals surface area contributed by atoms with Crippen molar-refractivity contribution in [1.29, 1.82) is 0 Å². The number of nitrogens with zero attached hydrogens (tertiary/aromatic N) is 3. The lowest BCUT2D eigenvalue weighted by molar-refractivity contribution is -0.117. The Morgan fingerprint density at radius 1 is 1.07 bits per heavy atom. The fourth-order valence-corrected chi connectivity index (χ4v) is 3.45. The minimum Gasteiger partial charge on any atom is -0.504 e. The molecule has 3 aromatic rings. The van der Waals surface area contributed by atoms with E-state index in [-0.39, 0.29) is 11.7 Å². The standard InChI is InChI=1S/C21H21N3O3/c1-23-18(15-7-10-19(25)20(12-15)27-2)13-17(22-23)14-5-8-16(9-6-14)24-11-3-4-21(24)26/h5-10,12-13,25H,3-4,11H2,1-2H3. The van der Waals surface area contributed by atoms with Gasteiger partial charge in [-0.15, -0.1) is 0 Å². The first-order valence-electron chi connectivity index (χ1n) is 8.89. The third-order valence-electron chi connectivity index (χ3n) is 4.90. The lowest BCUT2D eigenvalue weighted by Gasteiger charge is -2.15. The number of amides is 1. The third kappa shape index (κ3) is 3.14. The maximum Gasteiger partial charge on any atom is 0.227 e. The molecule has 1 aromatic heterocycles. The van der Waals surface area contributed by atoms with Crippen LogP contribution in [0.25, 0.3) is 22.5 Å². The molecule has 1 amide bonds. The van der Waals surface area contributed by atoms with E-state index in [1.807, 2.05) is 48.3 Å². The Bertz CT molecular complexity index is 992. The minimum absolute atomic E-state index is 0.107.